The van der Waals surface area contributed by atoms with Gasteiger partial charge in [-0.1, -0.05) is 24.3 Å². The van der Waals surface area contributed by atoms with Crippen LogP contribution in [0, 0.1) is 11.6 Å². The number of carbonyl (C=O) groups excluding carboxylic acids is 2. The lowest BCUT2D eigenvalue weighted by Gasteiger charge is -2.25. The summed E-state index contributed by atoms with van der Waals surface area (Å²) in [6.45, 7) is -0.0365. The molecule has 1 atom stereocenters. The first-order valence-electron chi connectivity index (χ1n) is 9.68. The number of methoxy groups -OCH3 is 1. The number of ether oxygens (including phenoxy) is 1. The summed E-state index contributed by atoms with van der Waals surface area (Å²) < 4.78 is 33.9. The summed E-state index contributed by atoms with van der Waals surface area (Å²) in [6.07, 6.45) is 3.08. The molecule has 0 unspecified atom stereocenters. The van der Waals surface area contributed by atoms with Gasteiger partial charge in [-0.25, -0.2) is 8.78 Å². The van der Waals surface area contributed by atoms with E-state index in [1.165, 1.54) is 48.5 Å². The highest BCUT2D eigenvalue weighted by molar-refractivity contribution is 6.46. The van der Waals surface area contributed by atoms with Gasteiger partial charge in [-0.15, -0.1) is 0 Å². The third-order valence-corrected chi connectivity index (χ3v) is 5.24. The molecule has 4 rings (SSSR count). The molecule has 1 aromatic heterocycles. The van der Waals surface area contributed by atoms with Crippen LogP contribution >= 0.6 is 0 Å². The van der Waals surface area contributed by atoms with Gasteiger partial charge in [0.2, 0.25) is 0 Å². The number of carbonyl (C=O) groups is 2. The summed E-state index contributed by atoms with van der Waals surface area (Å²) in [5.74, 6) is -3.96. The van der Waals surface area contributed by atoms with E-state index in [-0.39, 0.29) is 29.0 Å². The van der Waals surface area contributed by atoms with Gasteiger partial charge in [-0.2, -0.15) is 0 Å². The SMILES string of the molecule is COc1ccc(C(O)=C2C(=O)C(=O)N(Cc3cccnc3)[C@H]2c2ccccc2F)cc1F. The van der Waals surface area contributed by atoms with E-state index in [0.717, 1.165) is 6.07 Å². The molecule has 0 bridgehead atoms. The van der Waals surface area contributed by atoms with E-state index >= 15 is 0 Å². The third kappa shape index (κ3) is 3.71. The summed E-state index contributed by atoms with van der Waals surface area (Å²) in [5, 5.41) is 10.9. The van der Waals surface area contributed by atoms with E-state index in [1.54, 1.807) is 24.4 Å². The molecule has 3 aromatic rings. The van der Waals surface area contributed by atoms with Crippen molar-refractivity contribution in [1.82, 2.24) is 9.88 Å². The first-order chi connectivity index (χ1) is 15.4. The second kappa shape index (κ2) is 8.58. The molecule has 0 radical (unpaired) electrons. The molecule has 0 saturated carbocycles. The Morgan fingerprint density at radius 3 is 2.53 bits per heavy atom. The molecule has 8 heteroatoms. The van der Waals surface area contributed by atoms with Gasteiger partial charge in [0.05, 0.1) is 18.7 Å². The van der Waals surface area contributed by atoms with Gasteiger partial charge in [0.25, 0.3) is 11.7 Å². The minimum atomic E-state index is -1.21. The monoisotopic (exact) mass is 436 g/mol. The highest BCUT2D eigenvalue weighted by Crippen LogP contribution is 2.41. The van der Waals surface area contributed by atoms with E-state index in [9.17, 15) is 23.5 Å². The third-order valence-electron chi connectivity index (χ3n) is 5.24. The van der Waals surface area contributed by atoms with Gasteiger partial charge in [-0.3, -0.25) is 14.6 Å². The molecule has 0 aliphatic carbocycles. The maximum atomic E-state index is 14.8. The molecule has 162 valence electrons. The molecule has 1 aliphatic rings. The smallest absolute Gasteiger partial charge is 0.295 e. The van der Waals surface area contributed by atoms with Crippen LogP contribution in [-0.4, -0.2) is 33.8 Å². The largest absolute Gasteiger partial charge is 0.507 e. The number of halogens is 2. The van der Waals surface area contributed by atoms with Crippen molar-refractivity contribution >= 4 is 17.4 Å². The van der Waals surface area contributed by atoms with Crippen LogP contribution in [0.5, 0.6) is 5.75 Å². The predicted molar refractivity (Wildman–Crippen MR) is 111 cm³/mol. The minimum Gasteiger partial charge on any atom is -0.507 e. The van der Waals surface area contributed by atoms with Crippen LogP contribution < -0.4 is 4.74 Å². The highest BCUT2D eigenvalue weighted by atomic mass is 19.1. The lowest BCUT2D eigenvalue weighted by Crippen LogP contribution is -2.29. The molecule has 32 heavy (non-hydrogen) atoms. The topological polar surface area (TPSA) is 79.7 Å². The quantitative estimate of drug-likeness (QED) is 0.372. The summed E-state index contributed by atoms with van der Waals surface area (Å²) in [7, 11) is 1.29. The number of benzene rings is 2. The van der Waals surface area contributed by atoms with E-state index in [0.29, 0.717) is 5.56 Å². The van der Waals surface area contributed by atoms with Crippen molar-refractivity contribution in [3.8, 4) is 5.75 Å². The number of pyridine rings is 1. The number of ketones is 1. The van der Waals surface area contributed by atoms with E-state index < -0.39 is 35.1 Å². The highest BCUT2D eigenvalue weighted by Gasteiger charge is 2.47. The molecule has 0 spiro atoms. The molecular weight excluding hydrogens is 418 g/mol. The van der Waals surface area contributed by atoms with Crippen LogP contribution in [0.4, 0.5) is 8.78 Å². The number of hydrogen-bond acceptors (Lipinski definition) is 5. The molecule has 1 N–H and O–H groups in total. The Kier molecular flexibility index (Phi) is 5.68. The van der Waals surface area contributed by atoms with Crippen molar-refractivity contribution in [2.75, 3.05) is 7.11 Å². The summed E-state index contributed by atoms with van der Waals surface area (Å²) >= 11 is 0. The standard InChI is InChI=1S/C24H18F2N2O4/c1-32-19-9-8-15(11-18(19)26)22(29)20-21(16-6-2-3-7-17(16)25)28(24(31)23(20)30)13-14-5-4-10-27-12-14/h2-12,21,29H,13H2,1H3/t21-/m0/s1. The Labute approximate surface area is 182 Å². The normalized spacial score (nSPS) is 17.6. The van der Waals surface area contributed by atoms with Crippen LogP contribution in [0.15, 0.2) is 72.6 Å². The van der Waals surface area contributed by atoms with E-state index in [4.69, 9.17) is 4.74 Å². The van der Waals surface area contributed by atoms with Crippen molar-refractivity contribution in [2.24, 2.45) is 0 Å². The van der Waals surface area contributed by atoms with Crippen LogP contribution in [0.2, 0.25) is 0 Å². The van der Waals surface area contributed by atoms with Gasteiger partial charge in [-0.05, 0) is 35.9 Å². The molecular formula is C24H18F2N2O4. The van der Waals surface area contributed by atoms with Crippen molar-refractivity contribution < 1.29 is 28.2 Å². The number of rotatable bonds is 5. The van der Waals surface area contributed by atoms with Crippen LogP contribution in [0.25, 0.3) is 5.76 Å². The fourth-order valence-electron chi connectivity index (χ4n) is 3.72. The van der Waals surface area contributed by atoms with Crippen LogP contribution in [-0.2, 0) is 16.1 Å². The zero-order valence-corrected chi connectivity index (χ0v) is 17.0. The number of aliphatic hydroxyl groups is 1. The first kappa shape index (κ1) is 21.2. The van der Waals surface area contributed by atoms with Gasteiger partial charge in [0.15, 0.2) is 11.6 Å². The lowest BCUT2D eigenvalue weighted by molar-refractivity contribution is -0.140. The Morgan fingerprint density at radius 1 is 1.09 bits per heavy atom. The van der Waals surface area contributed by atoms with Gasteiger partial charge in [0, 0.05) is 30.1 Å². The Balaban J connectivity index is 1.89. The molecule has 6 nitrogen and oxygen atoms in total. The number of aromatic nitrogens is 1. The zero-order valence-electron chi connectivity index (χ0n) is 17.0. The fraction of sp³-hybridized carbons (Fsp3) is 0.125. The number of hydrogen-bond donors (Lipinski definition) is 1. The summed E-state index contributed by atoms with van der Waals surface area (Å²) in [6, 6.07) is 11.5. The number of aliphatic hydroxyl groups excluding tert-OH is 1. The predicted octanol–water partition coefficient (Wildman–Crippen LogP) is 3.99. The summed E-state index contributed by atoms with van der Waals surface area (Å²) in [5.41, 5.74) is 0.287. The Hall–Kier alpha value is -4.07. The second-order valence-electron chi connectivity index (χ2n) is 7.16. The minimum absolute atomic E-state index is 0.0334. The van der Waals surface area contributed by atoms with Crippen molar-refractivity contribution in [1.29, 1.82) is 0 Å². The lowest BCUT2D eigenvalue weighted by atomic mass is 9.94. The van der Waals surface area contributed by atoms with Crippen molar-refractivity contribution in [3.63, 3.8) is 0 Å². The average molecular weight is 436 g/mol. The number of nitrogens with zero attached hydrogens (tertiary/aromatic N) is 2. The van der Waals surface area contributed by atoms with E-state index in [1.807, 2.05) is 0 Å². The molecule has 2 aromatic carbocycles. The van der Waals surface area contributed by atoms with Crippen LogP contribution in [0.3, 0.4) is 0 Å². The number of amides is 1. The number of likely N-dealkylation sites (tertiary alicyclic amines) is 1. The Bertz CT molecular complexity index is 1230. The fourth-order valence-corrected chi connectivity index (χ4v) is 3.72. The van der Waals surface area contributed by atoms with Gasteiger partial charge in [0.1, 0.15) is 11.6 Å². The Morgan fingerprint density at radius 2 is 1.88 bits per heavy atom. The van der Waals surface area contributed by atoms with Crippen molar-refractivity contribution in [2.45, 2.75) is 12.6 Å². The van der Waals surface area contributed by atoms with E-state index in [2.05, 4.69) is 4.98 Å². The van der Waals surface area contributed by atoms with Crippen LogP contribution in [0.1, 0.15) is 22.7 Å². The van der Waals surface area contributed by atoms with Gasteiger partial charge < -0.3 is 14.7 Å². The molecule has 1 saturated heterocycles. The molecule has 1 aliphatic heterocycles. The first-order valence-corrected chi connectivity index (χ1v) is 9.68. The molecule has 1 fully saturated rings. The summed E-state index contributed by atoms with van der Waals surface area (Å²) in [4.78, 5) is 31.0. The zero-order chi connectivity index (χ0) is 22.8. The maximum Gasteiger partial charge on any atom is 0.295 e. The van der Waals surface area contributed by atoms with Crippen molar-refractivity contribution in [3.05, 3.63) is 101 Å². The second-order valence-corrected chi connectivity index (χ2v) is 7.16. The average Bonchev–Trinajstić information content (AvgIpc) is 3.04. The molecule has 2 heterocycles. The maximum absolute atomic E-state index is 14.8. The molecule has 1 amide bonds. The van der Waals surface area contributed by atoms with Gasteiger partial charge >= 0.3 is 0 Å². The number of Topliss-reactive ketones (excluding diaryl/α,β-unsaturated/α-hetero) is 1.